The Labute approximate surface area is 114 Å². The van der Waals surface area contributed by atoms with Gasteiger partial charge in [-0.05, 0) is 36.0 Å². The first-order valence-corrected chi connectivity index (χ1v) is 6.92. The van der Waals surface area contributed by atoms with E-state index in [9.17, 15) is 0 Å². The van der Waals surface area contributed by atoms with Crippen molar-refractivity contribution in [1.29, 1.82) is 0 Å². The SMILES string of the molecule is C=C(C/C=C\C=C(/N)CCC)Sc1ccccn1. The highest BCUT2D eigenvalue weighted by Crippen LogP contribution is 2.25. The lowest BCUT2D eigenvalue weighted by atomic mass is 10.2. The molecule has 1 rings (SSSR count). The minimum atomic E-state index is 0.831. The second-order valence-electron chi connectivity index (χ2n) is 3.93. The first-order chi connectivity index (χ1) is 8.72. The fraction of sp³-hybridized carbons (Fsp3) is 0.267. The molecule has 3 heteroatoms. The molecule has 96 valence electrons. The van der Waals surface area contributed by atoms with Gasteiger partial charge in [0.15, 0.2) is 0 Å². The molecule has 0 aromatic carbocycles. The summed E-state index contributed by atoms with van der Waals surface area (Å²) in [5.74, 6) is 0. The zero-order valence-corrected chi connectivity index (χ0v) is 11.6. The number of allylic oxidation sites excluding steroid dienone is 5. The molecular formula is C15H20N2S. The molecule has 1 heterocycles. The monoisotopic (exact) mass is 260 g/mol. The van der Waals surface area contributed by atoms with Crippen molar-refractivity contribution in [2.45, 2.75) is 31.2 Å². The van der Waals surface area contributed by atoms with E-state index in [1.165, 1.54) is 0 Å². The Hall–Kier alpha value is -1.48. The maximum Gasteiger partial charge on any atom is 0.100 e. The molecule has 0 saturated heterocycles. The zero-order chi connectivity index (χ0) is 13.2. The number of pyridine rings is 1. The van der Waals surface area contributed by atoms with E-state index in [1.54, 1.807) is 18.0 Å². The molecule has 0 amide bonds. The quantitative estimate of drug-likeness (QED) is 0.587. The molecular weight excluding hydrogens is 240 g/mol. The van der Waals surface area contributed by atoms with Gasteiger partial charge >= 0.3 is 0 Å². The Bertz CT molecular complexity index is 421. The Morgan fingerprint density at radius 1 is 1.50 bits per heavy atom. The van der Waals surface area contributed by atoms with Gasteiger partial charge in [0.25, 0.3) is 0 Å². The molecule has 18 heavy (non-hydrogen) atoms. The number of aromatic nitrogens is 1. The van der Waals surface area contributed by atoms with Crippen LogP contribution in [0.15, 0.2) is 64.8 Å². The van der Waals surface area contributed by atoms with Crippen LogP contribution in [0.25, 0.3) is 0 Å². The highest BCUT2D eigenvalue weighted by molar-refractivity contribution is 8.03. The number of rotatable bonds is 7. The summed E-state index contributed by atoms with van der Waals surface area (Å²) < 4.78 is 0. The molecule has 0 aliphatic heterocycles. The largest absolute Gasteiger partial charge is 0.402 e. The third-order valence-electron chi connectivity index (χ3n) is 2.22. The van der Waals surface area contributed by atoms with Gasteiger partial charge in [-0.25, -0.2) is 4.98 Å². The van der Waals surface area contributed by atoms with Crippen LogP contribution < -0.4 is 5.73 Å². The molecule has 0 spiro atoms. The summed E-state index contributed by atoms with van der Waals surface area (Å²) in [4.78, 5) is 5.32. The molecule has 2 nitrogen and oxygen atoms in total. The highest BCUT2D eigenvalue weighted by atomic mass is 32.2. The average Bonchev–Trinajstić information content (AvgIpc) is 2.36. The number of hydrogen-bond donors (Lipinski definition) is 1. The topological polar surface area (TPSA) is 38.9 Å². The van der Waals surface area contributed by atoms with Crippen molar-refractivity contribution in [2.24, 2.45) is 5.73 Å². The first kappa shape index (κ1) is 14.6. The van der Waals surface area contributed by atoms with Gasteiger partial charge in [-0.1, -0.05) is 49.9 Å². The van der Waals surface area contributed by atoms with Gasteiger partial charge in [-0.3, -0.25) is 0 Å². The Balaban J connectivity index is 2.33. The van der Waals surface area contributed by atoms with Gasteiger partial charge in [0.2, 0.25) is 0 Å². The van der Waals surface area contributed by atoms with Crippen molar-refractivity contribution in [1.82, 2.24) is 4.98 Å². The predicted molar refractivity (Wildman–Crippen MR) is 80.2 cm³/mol. The van der Waals surface area contributed by atoms with Crippen molar-refractivity contribution < 1.29 is 0 Å². The first-order valence-electron chi connectivity index (χ1n) is 6.10. The summed E-state index contributed by atoms with van der Waals surface area (Å²) >= 11 is 1.60. The van der Waals surface area contributed by atoms with Crippen LogP contribution in [0.4, 0.5) is 0 Å². The van der Waals surface area contributed by atoms with Crippen LogP contribution in [-0.4, -0.2) is 4.98 Å². The number of hydrogen-bond acceptors (Lipinski definition) is 3. The van der Waals surface area contributed by atoms with Crippen molar-refractivity contribution in [2.75, 3.05) is 0 Å². The van der Waals surface area contributed by atoms with Gasteiger partial charge in [0.05, 0.1) is 0 Å². The zero-order valence-electron chi connectivity index (χ0n) is 10.8. The third-order valence-corrected chi connectivity index (χ3v) is 3.12. The smallest absolute Gasteiger partial charge is 0.100 e. The Morgan fingerprint density at radius 3 is 3.00 bits per heavy atom. The van der Waals surface area contributed by atoms with Crippen LogP contribution in [-0.2, 0) is 0 Å². The summed E-state index contributed by atoms with van der Waals surface area (Å²) in [5, 5.41) is 0.983. The van der Waals surface area contributed by atoms with Crippen LogP contribution in [0.3, 0.4) is 0 Å². The second-order valence-corrected chi connectivity index (χ2v) is 5.13. The van der Waals surface area contributed by atoms with Crippen molar-refractivity contribution in [3.8, 4) is 0 Å². The normalized spacial score (nSPS) is 11.9. The molecule has 0 aliphatic carbocycles. The maximum atomic E-state index is 5.80. The molecule has 0 unspecified atom stereocenters. The number of nitrogens with zero attached hydrogens (tertiary/aromatic N) is 1. The molecule has 0 radical (unpaired) electrons. The minimum Gasteiger partial charge on any atom is -0.402 e. The lowest BCUT2D eigenvalue weighted by molar-refractivity contribution is 0.893. The Kier molecular flexibility index (Phi) is 6.96. The summed E-state index contributed by atoms with van der Waals surface area (Å²) in [6, 6.07) is 5.87. The van der Waals surface area contributed by atoms with E-state index in [-0.39, 0.29) is 0 Å². The molecule has 0 saturated carbocycles. The van der Waals surface area contributed by atoms with Crippen molar-refractivity contribution >= 4 is 11.8 Å². The second kappa shape index (κ2) is 8.59. The molecule has 0 bridgehead atoms. The predicted octanol–water partition coefficient (Wildman–Crippen LogP) is 4.28. The molecule has 1 aromatic heterocycles. The lowest BCUT2D eigenvalue weighted by Crippen LogP contribution is -1.94. The van der Waals surface area contributed by atoms with Gasteiger partial charge in [0.1, 0.15) is 5.03 Å². The molecule has 1 aromatic rings. The lowest BCUT2D eigenvalue weighted by Gasteiger charge is -2.00. The van der Waals surface area contributed by atoms with Crippen molar-refractivity contribution in [3.63, 3.8) is 0 Å². The van der Waals surface area contributed by atoms with Gasteiger partial charge in [0, 0.05) is 11.9 Å². The Morgan fingerprint density at radius 2 is 2.33 bits per heavy atom. The fourth-order valence-corrected chi connectivity index (χ4v) is 2.10. The summed E-state index contributed by atoms with van der Waals surface area (Å²) in [6.45, 7) is 6.14. The van der Waals surface area contributed by atoms with Crippen molar-refractivity contribution in [3.05, 3.63) is 59.8 Å². The number of thioether (sulfide) groups is 1. The maximum absolute atomic E-state index is 5.80. The van der Waals surface area contributed by atoms with Gasteiger partial charge in [-0.15, -0.1) is 0 Å². The van der Waals surface area contributed by atoms with Gasteiger partial charge in [-0.2, -0.15) is 0 Å². The standard InChI is InChI=1S/C15H20N2S/c1-3-8-14(16)10-5-4-9-13(2)18-15-11-6-7-12-17-15/h4-7,10-12H,2-3,8-9,16H2,1H3/b5-4-,14-10-. The minimum absolute atomic E-state index is 0.831. The van der Waals surface area contributed by atoms with Gasteiger partial charge < -0.3 is 5.73 Å². The number of nitrogens with two attached hydrogens (primary N) is 1. The molecule has 2 N–H and O–H groups in total. The van der Waals surface area contributed by atoms with E-state index < -0.39 is 0 Å². The van der Waals surface area contributed by atoms with Crippen LogP contribution in [0.1, 0.15) is 26.2 Å². The van der Waals surface area contributed by atoms with Crippen LogP contribution in [0.5, 0.6) is 0 Å². The summed E-state index contributed by atoms with van der Waals surface area (Å²) in [7, 11) is 0. The van der Waals surface area contributed by atoms with E-state index in [0.29, 0.717) is 0 Å². The summed E-state index contributed by atoms with van der Waals surface area (Å²) in [5.41, 5.74) is 6.72. The fourth-order valence-electron chi connectivity index (χ4n) is 1.36. The molecule has 0 fully saturated rings. The molecule has 0 aliphatic rings. The average molecular weight is 260 g/mol. The third kappa shape index (κ3) is 6.30. The van der Waals surface area contributed by atoms with Crippen LogP contribution in [0, 0.1) is 0 Å². The van der Waals surface area contributed by atoms with E-state index in [2.05, 4.69) is 24.6 Å². The summed E-state index contributed by atoms with van der Waals surface area (Å²) in [6.07, 6.45) is 10.7. The highest BCUT2D eigenvalue weighted by Gasteiger charge is 1.96. The molecule has 0 atom stereocenters. The van der Waals surface area contributed by atoms with E-state index in [1.807, 2.05) is 30.4 Å². The van der Waals surface area contributed by atoms with E-state index in [0.717, 1.165) is 34.9 Å². The van der Waals surface area contributed by atoms with Crippen LogP contribution >= 0.6 is 11.8 Å². The van der Waals surface area contributed by atoms with E-state index >= 15 is 0 Å². The van der Waals surface area contributed by atoms with Crippen LogP contribution in [0.2, 0.25) is 0 Å². The van der Waals surface area contributed by atoms with E-state index in [4.69, 9.17) is 5.73 Å².